The van der Waals surface area contributed by atoms with Gasteiger partial charge in [0.15, 0.2) is 0 Å². The standard InChI is InChI=1S/C13H16BrN3/c1-8(2)7-17-13-12-9(5-6-16-13)10(14)3-4-11(12)15/h3-6,8H,7,15H2,1-2H3,(H,16,17). The maximum Gasteiger partial charge on any atom is 0.135 e. The van der Waals surface area contributed by atoms with E-state index >= 15 is 0 Å². The molecule has 0 aliphatic heterocycles. The van der Waals surface area contributed by atoms with Crippen LogP contribution in [0.4, 0.5) is 11.5 Å². The minimum absolute atomic E-state index is 0.570. The summed E-state index contributed by atoms with van der Waals surface area (Å²) in [5.41, 5.74) is 6.78. The number of nitrogen functional groups attached to an aromatic ring is 1. The van der Waals surface area contributed by atoms with Crippen LogP contribution in [0, 0.1) is 5.92 Å². The number of hydrogen-bond donors (Lipinski definition) is 2. The van der Waals surface area contributed by atoms with Gasteiger partial charge >= 0.3 is 0 Å². The molecule has 0 fully saturated rings. The molecule has 0 saturated carbocycles. The monoisotopic (exact) mass is 293 g/mol. The number of aromatic nitrogens is 1. The van der Waals surface area contributed by atoms with Crippen molar-refractivity contribution in [3.8, 4) is 0 Å². The van der Waals surface area contributed by atoms with Gasteiger partial charge in [0.05, 0.1) is 0 Å². The van der Waals surface area contributed by atoms with Crippen molar-refractivity contribution in [3.05, 3.63) is 28.9 Å². The first kappa shape index (κ1) is 12.2. The lowest BCUT2D eigenvalue weighted by molar-refractivity contribution is 0.687. The molecule has 0 unspecified atom stereocenters. The maximum atomic E-state index is 6.03. The molecule has 0 bridgehead atoms. The van der Waals surface area contributed by atoms with Crippen LogP contribution in [0.3, 0.4) is 0 Å². The van der Waals surface area contributed by atoms with Crippen LogP contribution in [-0.2, 0) is 0 Å². The second-order valence-electron chi connectivity index (χ2n) is 4.49. The highest BCUT2D eigenvalue weighted by molar-refractivity contribution is 9.10. The van der Waals surface area contributed by atoms with E-state index in [0.717, 1.165) is 33.3 Å². The summed E-state index contributed by atoms with van der Waals surface area (Å²) in [6.07, 6.45) is 1.80. The van der Waals surface area contributed by atoms with Crippen molar-refractivity contribution in [2.75, 3.05) is 17.6 Å². The van der Waals surface area contributed by atoms with Crippen LogP contribution in [-0.4, -0.2) is 11.5 Å². The lowest BCUT2D eigenvalue weighted by Crippen LogP contribution is -2.09. The predicted octanol–water partition coefficient (Wildman–Crippen LogP) is 3.65. The van der Waals surface area contributed by atoms with Crippen LogP contribution < -0.4 is 11.1 Å². The van der Waals surface area contributed by atoms with Gasteiger partial charge in [-0.05, 0) is 24.1 Å². The topological polar surface area (TPSA) is 50.9 Å². The third-order valence-electron chi connectivity index (χ3n) is 2.58. The minimum atomic E-state index is 0.570. The van der Waals surface area contributed by atoms with Crippen LogP contribution in [0.15, 0.2) is 28.9 Å². The molecule has 1 aromatic heterocycles. The van der Waals surface area contributed by atoms with Gasteiger partial charge in [-0.15, -0.1) is 0 Å². The van der Waals surface area contributed by atoms with Crippen molar-refractivity contribution < 1.29 is 0 Å². The highest BCUT2D eigenvalue weighted by Gasteiger charge is 2.08. The second-order valence-corrected chi connectivity index (χ2v) is 5.35. The zero-order valence-corrected chi connectivity index (χ0v) is 11.6. The fraction of sp³-hybridized carbons (Fsp3) is 0.308. The van der Waals surface area contributed by atoms with Crippen molar-refractivity contribution >= 4 is 38.2 Å². The molecule has 0 saturated heterocycles. The molecule has 3 N–H and O–H groups in total. The van der Waals surface area contributed by atoms with E-state index in [0.29, 0.717) is 5.92 Å². The molecule has 17 heavy (non-hydrogen) atoms. The van der Waals surface area contributed by atoms with Gasteiger partial charge in [0.25, 0.3) is 0 Å². The number of nitrogens with one attached hydrogen (secondary N) is 1. The Balaban J connectivity index is 2.52. The molecule has 0 radical (unpaired) electrons. The summed E-state index contributed by atoms with van der Waals surface area (Å²) in [7, 11) is 0. The third-order valence-corrected chi connectivity index (χ3v) is 3.28. The van der Waals surface area contributed by atoms with Gasteiger partial charge in [-0.3, -0.25) is 0 Å². The molecular weight excluding hydrogens is 278 g/mol. The van der Waals surface area contributed by atoms with Gasteiger partial charge in [-0.25, -0.2) is 4.98 Å². The minimum Gasteiger partial charge on any atom is -0.398 e. The van der Waals surface area contributed by atoms with Crippen molar-refractivity contribution in [2.24, 2.45) is 5.92 Å². The van der Waals surface area contributed by atoms with Gasteiger partial charge in [-0.1, -0.05) is 29.8 Å². The predicted molar refractivity (Wildman–Crippen MR) is 77.2 cm³/mol. The number of nitrogens with two attached hydrogens (primary N) is 1. The third kappa shape index (κ3) is 2.52. The molecule has 0 amide bonds. The Hall–Kier alpha value is -1.29. The summed E-state index contributed by atoms with van der Waals surface area (Å²) in [5, 5.41) is 5.42. The van der Waals surface area contributed by atoms with E-state index in [-0.39, 0.29) is 0 Å². The average Bonchev–Trinajstić information content (AvgIpc) is 2.31. The number of halogens is 1. The zero-order chi connectivity index (χ0) is 12.4. The second kappa shape index (κ2) is 4.92. The van der Waals surface area contributed by atoms with Crippen molar-refractivity contribution in [1.29, 1.82) is 0 Å². The van der Waals surface area contributed by atoms with Gasteiger partial charge in [0.2, 0.25) is 0 Å². The van der Waals surface area contributed by atoms with Crippen molar-refractivity contribution in [1.82, 2.24) is 4.98 Å². The SMILES string of the molecule is CC(C)CNc1nccc2c(Br)ccc(N)c12. The number of anilines is 2. The van der Waals surface area contributed by atoms with E-state index in [1.165, 1.54) is 0 Å². The normalized spacial score (nSPS) is 11.1. The van der Waals surface area contributed by atoms with Crippen LogP contribution in [0.25, 0.3) is 10.8 Å². The quantitative estimate of drug-likeness (QED) is 0.850. The molecule has 0 aliphatic rings. The van der Waals surface area contributed by atoms with Gasteiger partial charge in [0, 0.05) is 33.7 Å². The van der Waals surface area contributed by atoms with Gasteiger partial charge in [0.1, 0.15) is 5.82 Å². The van der Waals surface area contributed by atoms with Crippen LogP contribution in [0.2, 0.25) is 0 Å². The summed E-state index contributed by atoms with van der Waals surface area (Å²) in [4.78, 5) is 4.37. The highest BCUT2D eigenvalue weighted by Crippen LogP contribution is 2.32. The molecule has 3 nitrogen and oxygen atoms in total. The Bertz CT molecular complexity index is 537. The summed E-state index contributed by atoms with van der Waals surface area (Å²) >= 11 is 3.53. The van der Waals surface area contributed by atoms with E-state index in [1.807, 2.05) is 18.2 Å². The number of rotatable bonds is 3. The first-order chi connectivity index (χ1) is 8.09. The maximum absolute atomic E-state index is 6.03. The Morgan fingerprint density at radius 3 is 2.82 bits per heavy atom. The van der Waals surface area contributed by atoms with E-state index in [4.69, 9.17) is 5.73 Å². The number of fused-ring (bicyclic) bond motifs is 1. The van der Waals surface area contributed by atoms with Gasteiger partial charge in [-0.2, -0.15) is 0 Å². The average molecular weight is 294 g/mol. The molecule has 0 aliphatic carbocycles. The van der Waals surface area contributed by atoms with Crippen LogP contribution in [0.1, 0.15) is 13.8 Å². The molecule has 1 aromatic carbocycles. The summed E-state index contributed by atoms with van der Waals surface area (Å²) < 4.78 is 1.04. The molecule has 1 heterocycles. The molecule has 0 atom stereocenters. The summed E-state index contributed by atoms with van der Waals surface area (Å²) in [5.74, 6) is 1.43. The van der Waals surface area contributed by atoms with E-state index in [9.17, 15) is 0 Å². The van der Waals surface area contributed by atoms with Crippen molar-refractivity contribution in [3.63, 3.8) is 0 Å². The lowest BCUT2D eigenvalue weighted by Gasteiger charge is -2.12. The number of nitrogens with zero attached hydrogens (tertiary/aromatic N) is 1. The van der Waals surface area contributed by atoms with Crippen LogP contribution >= 0.6 is 15.9 Å². The Labute approximate surface area is 110 Å². The number of benzene rings is 1. The summed E-state index contributed by atoms with van der Waals surface area (Å²) in [6.45, 7) is 5.22. The lowest BCUT2D eigenvalue weighted by atomic mass is 10.1. The molecular formula is C13H16BrN3. The number of pyridine rings is 1. The highest BCUT2D eigenvalue weighted by atomic mass is 79.9. The Morgan fingerprint density at radius 1 is 1.35 bits per heavy atom. The molecule has 4 heteroatoms. The molecule has 90 valence electrons. The largest absolute Gasteiger partial charge is 0.398 e. The fourth-order valence-electron chi connectivity index (χ4n) is 1.72. The van der Waals surface area contributed by atoms with E-state index < -0.39 is 0 Å². The zero-order valence-electron chi connectivity index (χ0n) is 10.00. The van der Waals surface area contributed by atoms with Gasteiger partial charge < -0.3 is 11.1 Å². The van der Waals surface area contributed by atoms with E-state index in [1.54, 1.807) is 6.20 Å². The smallest absolute Gasteiger partial charge is 0.135 e. The van der Waals surface area contributed by atoms with Crippen molar-refractivity contribution in [2.45, 2.75) is 13.8 Å². The first-order valence-corrected chi connectivity index (χ1v) is 6.45. The Kier molecular flexibility index (Phi) is 3.52. The molecule has 2 rings (SSSR count). The van der Waals surface area contributed by atoms with E-state index in [2.05, 4.69) is 40.1 Å². The van der Waals surface area contributed by atoms with Crippen LogP contribution in [0.5, 0.6) is 0 Å². The first-order valence-electron chi connectivity index (χ1n) is 5.66. The summed E-state index contributed by atoms with van der Waals surface area (Å²) in [6, 6.07) is 5.83. The fourth-order valence-corrected chi connectivity index (χ4v) is 2.19. The Morgan fingerprint density at radius 2 is 2.12 bits per heavy atom. The molecule has 0 spiro atoms. The molecule has 2 aromatic rings. The number of hydrogen-bond acceptors (Lipinski definition) is 3.